The molecule has 0 saturated carbocycles. The first kappa shape index (κ1) is 7.12. The summed E-state index contributed by atoms with van der Waals surface area (Å²) in [5.74, 6) is 0. The number of hydrogen-bond acceptors (Lipinski definition) is 4. The minimum Gasteiger partial charge on any atom is -0.211 e. The van der Waals surface area contributed by atoms with Gasteiger partial charge in [0.2, 0.25) is 6.08 Å². The van der Waals surface area contributed by atoms with Crippen molar-refractivity contribution in [2.24, 2.45) is 4.99 Å². The minimum atomic E-state index is 0.667. The van der Waals surface area contributed by atoms with Gasteiger partial charge in [-0.2, -0.15) is 9.37 Å². The second-order valence-electron chi connectivity index (χ2n) is 1.88. The first-order chi connectivity index (χ1) is 4.75. The maximum atomic E-state index is 9.86. The number of aromatic nitrogens is 1. The average Bonchev–Trinajstić information content (AvgIpc) is 2.20. The van der Waals surface area contributed by atoms with Crippen molar-refractivity contribution >= 4 is 23.3 Å². The lowest BCUT2D eigenvalue weighted by Gasteiger charge is -1.84. The van der Waals surface area contributed by atoms with E-state index in [9.17, 15) is 4.79 Å². The Labute approximate surface area is 62.6 Å². The summed E-state index contributed by atoms with van der Waals surface area (Å²) in [6.45, 7) is 3.69. The van der Waals surface area contributed by atoms with Crippen LogP contribution in [0, 0.1) is 13.8 Å². The van der Waals surface area contributed by atoms with Crippen molar-refractivity contribution in [1.29, 1.82) is 0 Å². The van der Waals surface area contributed by atoms with Crippen molar-refractivity contribution in [3.05, 3.63) is 10.6 Å². The van der Waals surface area contributed by atoms with E-state index in [-0.39, 0.29) is 0 Å². The van der Waals surface area contributed by atoms with Crippen molar-refractivity contribution in [1.82, 2.24) is 4.37 Å². The summed E-state index contributed by atoms with van der Waals surface area (Å²) in [6.07, 6.45) is 1.49. The van der Waals surface area contributed by atoms with Crippen molar-refractivity contribution in [3.8, 4) is 0 Å². The Hall–Kier alpha value is -0.990. The van der Waals surface area contributed by atoms with Crippen LogP contribution in [-0.2, 0) is 4.79 Å². The molecule has 0 amide bonds. The fraction of sp³-hybridized carbons (Fsp3) is 0.333. The molecule has 0 fully saturated rings. The van der Waals surface area contributed by atoms with E-state index in [1.807, 2.05) is 13.8 Å². The van der Waals surface area contributed by atoms with E-state index in [1.165, 1.54) is 17.6 Å². The molecule has 4 heteroatoms. The van der Waals surface area contributed by atoms with Crippen LogP contribution in [0.1, 0.15) is 10.6 Å². The van der Waals surface area contributed by atoms with Gasteiger partial charge in [-0.3, -0.25) is 0 Å². The molecule has 0 unspecified atom stereocenters. The monoisotopic (exact) mass is 154 g/mol. The van der Waals surface area contributed by atoms with Crippen molar-refractivity contribution in [3.63, 3.8) is 0 Å². The van der Waals surface area contributed by atoms with Gasteiger partial charge in [0.25, 0.3) is 0 Å². The molecule has 0 atom stereocenters. The number of nitrogens with zero attached hydrogens (tertiary/aromatic N) is 2. The fourth-order valence-electron chi connectivity index (χ4n) is 0.683. The van der Waals surface area contributed by atoms with Gasteiger partial charge in [-0.15, -0.1) is 0 Å². The SMILES string of the molecule is Cc1nsc(C)c1N=C=O. The summed E-state index contributed by atoms with van der Waals surface area (Å²) in [7, 11) is 0. The molecule has 3 nitrogen and oxygen atoms in total. The molecule has 52 valence electrons. The maximum absolute atomic E-state index is 9.86. The lowest BCUT2D eigenvalue weighted by atomic mass is 10.3. The summed E-state index contributed by atoms with van der Waals surface area (Å²) in [4.78, 5) is 14.3. The van der Waals surface area contributed by atoms with Gasteiger partial charge in [0.1, 0.15) is 5.69 Å². The number of hydrogen-bond donors (Lipinski definition) is 0. The summed E-state index contributed by atoms with van der Waals surface area (Å²) in [6, 6.07) is 0. The van der Waals surface area contributed by atoms with E-state index in [2.05, 4.69) is 9.37 Å². The van der Waals surface area contributed by atoms with E-state index >= 15 is 0 Å². The molecule has 0 spiro atoms. The van der Waals surface area contributed by atoms with E-state index in [0.29, 0.717) is 5.69 Å². The lowest BCUT2D eigenvalue weighted by Crippen LogP contribution is -1.68. The summed E-state index contributed by atoms with van der Waals surface area (Å²) < 4.78 is 4.00. The first-order valence-corrected chi connectivity index (χ1v) is 3.54. The number of carbonyl (C=O) groups excluding carboxylic acids is 1. The zero-order valence-corrected chi connectivity index (χ0v) is 6.53. The predicted molar refractivity (Wildman–Crippen MR) is 39.4 cm³/mol. The largest absolute Gasteiger partial charge is 0.240 e. The van der Waals surface area contributed by atoms with Crippen LogP contribution in [0.25, 0.3) is 0 Å². The van der Waals surface area contributed by atoms with Crippen LogP contribution in [-0.4, -0.2) is 10.5 Å². The molecule has 0 N–H and O–H groups in total. The van der Waals surface area contributed by atoms with E-state index in [4.69, 9.17) is 0 Å². The molecule has 0 aliphatic heterocycles. The third kappa shape index (κ3) is 1.12. The smallest absolute Gasteiger partial charge is 0.211 e. The molecule has 0 saturated heterocycles. The summed E-state index contributed by atoms with van der Waals surface area (Å²) in [5.41, 5.74) is 1.46. The topological polar surface area (TPSA) is 42.3 Å². The Balaban J connectivity index is 3.22. The lowest BCUT2D eigenvalue weighted by molar-refractivity contribution is 0.565. The molecule has 0 aromatic carbocycles. The highest BCUT2D eigenvalue weighted by atomic mass is 32.1. The van der Waals surface area contributed by atoms with Crippen LogP contribution in [0.5, 0.6) is 0 Å². The Morgan fingerprint density at radius 3 is 2.70 bits per heavy atom. The van der Waals surface area contributed by atoms with Gasteiger partial charge >= 0.3 is 0 Å². The zero-order chi connectivity index (χ0) is 7.56. The summed E-state index contributed by atoms with van der Waals surface area (Å²) in [5, 5.41) is 0. The molecule has 1 aromatic heterocycles. The standard InChI is InChI=1S/C6H6N2OS/c1-4-6(7-3-9)5(2)10-8-4/h1-2H3. The van der Waals surface area contributed by atoms with Gasteiger partial charge in [0.05, 0.1) is 5.69 Å². The summed E-state index contributed by atoms with van der Waals surface area (Å²) >= 11 is 1.35. The quantitative estimate of drug-likeness (QED) is 0.456. The Kier molecular flexibility index (Phi) is 1.94. The Bertz CT molecular complexity index is 266. The van der Waals surface area contributed by atoms with Crippen molar-refractivity contribution in [2.45, 2.75) is 13.8 Å². The van der Waals surface area contributed by atoms with Crippen molar-refractivity contribution in [2.75, 3.05) is 0 Å². The second kappa shape index (κ2) is 2.73. The molecule has 1 heterocycles. The van der Waals surface area contributed by atoms with Crippen molar-refractivity contribution < 1.29 is 4.79 Å². The number of rotatable bonds is 1. The molecule has 1 aromatic rings. The molecular weight excluding hydrogens is 148 g/mol. The molecular formula is C6H6N2OS. The number of aliphatic imine (C=N–C) groups is 1. The van der Waals surface area contributed by atoms with Gasteiger partial charge in [-0.05, 0) is 25.4 Å². The normalized spacial score (nSPS) is 9.00. The molecule has 1 rings (SSSR count). The minimum absolute atomic E-state index is 0.667. The molecule has 0 bridgehead atoms. The average molecular weight is 154 g/mol. The molecule has 0 aliphatic carbocycles. The van der Waals surface area contributed by atoms with E-state index in [0.717, 1.165) is 10.6 Å². The zero-order valence-electron chi connectivity index (χ0n) is 5.71. The Morgan fingerprint density at radius 1 is 1.60 bits per heavy atom. The van der Waals surface area contributed by atoms with Gasteiger partial charge in [0, 0.05) is 4.88 Å². The third-order valence-electron chi connectivity index (χ3n) is 1.15. The highest BCUT2D eigenvalue weighted by molar-refractivity contribution is 7.06. The molecule has 10 heavy (non-hydrogen) atoms. The van der Waals surface area contributed by atoms with Crippen LogP contribution in [0.15, 0.2) is 4.99 Å². The first-order valence-electron chi connectivity index (χ1n) is 2.76. The molecule has 0 radical (unpaired) electrons. The van der Waals surface area contributed by atoms with Crippen LogP contribution in [0.2, 0.25) is 0 Å². The van der Waals surface area contributed by atoms with Gasteiger partial charge in [0.15, 0.2) is 0 Å². The molecule has 0 aliphatic rings. The van der Waals surface area contributed by atoms with Gasteiger partial charge in [-0.1, -0.05) is 0 Å². The van der Waals surface area contributed by atoms with E-state index < -0.39 is 0 Å². The highest BCUT2D eigenvalue weighted by Gasteiger charge is 2.03. The third-order valence-corrected chi connectivity index (χ3v) is 1.99. The van der Waals surface area contributed by atoms with Crippen LogP contribution in [0.4, 0.5) is 5.69 Å². The number of isocyanates is 1. The highest BCUT2D eigenvalue weighted by Crippen LogP contribution is 2.25. The van der Waals surface area contributed by atoms with Crippen LogP contribution >= 0.6 is 11.5 Å². The second-order valence-corrected chi connectivity index (χ2v) is 2.85. The Morgan fingerprint density at radius 2 is 2.30 bits per heavy atom. The predicted octanol–water partition coefficient (Wildman–Crippen LogP) is 1.73. The maximum Gasteiger partial charge on any atom is 0.240 e. The fourth-order valence-corrected chi connectivity index (χ4v) is 1.32. The van der Waals surface area contributed by atoms with Crippen LogP contribution < -0.4 is 0 Å². The van der Waals surface area contributed by atoms with Gasteiger partial charge < -0.3 is 0 Å². The van der Waals surface area contributed by atoms with Gasteiger partial charge in [-0.25, -0.2) is 4.79 Å². The number of aryl methyl sites for hydroxylation is 2. The van der Waals surface area contributed by atoms with Crippen LogP contribution in [0.3, 0.4) is 0 Å². The van der Waals surface area contributed by atoms with E-state index in [1.54, 1.807) is 0 Å².